The summed E-state index contributed by atoms with van der Waals surface area (Å²) in [5, 5.41) is 4.11. The fraction of sp³-hybridized carbons (Fsp3) is 0.571. The average Bonchev–Trinajstić information content (AvgIpc) is 3.03. The van der Waals surface area contributed by atoms with Gasteiger partial charge in [-0.1, -0.05) is 19.0 Å². The molecule has 3 rings (SSSR count). The first-order valence-corrected chi connectivity index (χ1v) is 6.75. The van der Waals surface area contributed by atoms with Crippen molar-refractivity contribution in [3.8, 4) is 0 Å². The maximum Gasteiger partial charge on any atom is 0.227 e. The van der Waals surface area contributed by atoms with E-state index in [4.69, 9.17) is 4.52 Å². The Morgan fingerprint density at radius 3 is 2.84 bits per heavy atom. The van der Waals surface area contributed by atoms with Crippen molar-refractivity contribution in [1.29, 1.82) is 0 Å². The third-order valence-electron chi connectivity index (χ3n) is 4.17. The van der Waals surface area contributed by atoms with Gasteiger partial charge in [0.1, 0.15) is 0 Å². The van der Waals surface area contributed by atoms with Crippen molar-refractivity contribution in [2.45, 2.75) is 45.4 Å². The van der Waals surface area contributed by atoms with Crippen LogP contribution in [0.1, 0.15) is 50.0 Å². The van der Waals surface area contributed by atoms with Crippen molar-refractivity contribution >= 4 is 0 Å². The predicted molar refractivity (Wildman–Crippen MR) is 69.5 cm³/mol. The van der Waals surface area contributed by atoms with Crippen molar-refractivity contribution in [3.63, 3.8) is 0 Å². The molecule has 1 aliphatic carbocycles. The number of rotatable bonds is 5. The van der Waals surface area contributed by atoms with Gasteiger partial charge in [-0.25, -0.2) is 0 Å². The second-order valence-electron chi connectivity index (χ2n) is 5.62. The summed E-state index contributed by atoms with van der Waals surface area (Å²) < 4.78 is 5.32. The SMILES string of the molecule is CC(c1noc(CCc2cnccn2)n1)C1(C)CC1. The summed E-state index contributed by atoms with van der Waals surface area (Å²) in [4.78, 5) is 12.8. The van der Waals surface area contributed by atoms with Crippen LogP contribution in [0.25, 0.3) is 0 Å². The summed E-state index contributed by atoms with van der Waals surface area (Å²) >= 11 is 0. The van der Waals surface area contributed by atoms with Crippen molar-refractivity contribution in [2.24, 2.45) is 5.41 Å². The van der Waals surface area contributed by atoms with E-state index in [0.717, 1.165) is 24.4 Å². The van der Waals surface area contributed by atoms with Crippen molar-refractivity contribution in [3.05, 3.63) is 36.0 Å². The van der Waals surface area contributed by atoms with Crippen LogP contribution >= 0.6 is 0 Å². The van der Waals surface area contributed by atoms with E-state index in [1.54, 1.807) is 18.6 Å². The quantitative estimate of drug-likeness (QED) is 0.824. The highest BCUT2D eigenvalue weighted by Gasteiger charge is 2.44. The van der Waals surface area contributed by atoms with Crippen molar-refractivity contribution in [1.82, 2.24) is 20.1 Å². The lowest BCUT2D eigenvalue weighted by molar-refractivity contribution is 0.358. The van der Waals surface area contributed by atoms with Gasteiger partial charge in [0.05, 0.1) is 5.69 Å². The van der Waals surface area contributed by atoms with E-state index in [1.165, 1.54) is 12.8 Å². The Kier molecular flexibility index (Phi) is 3.05. The number of aromatic nitrogens is 4. The molecule has 0 amide bonds. The van der Waals surface area contributed by atoms with Crippen LogP contribution in [0.5, 0.6) is 0 Å². The number of nitrogens with zero attached hydrogens (tertiary/aromatic N) is 4. The second-order valence-corrected chi connectivity index (χ2v) is 5.62. The van der Waals surface area contributed by atoms with Crippen LogP contribution in [0.4, 0.5) is 0 Å². The van der Waals surface area contributed by atoms with Crippen LogP contribution in [0.15, 0.2) is 23.1 Å². The summed E-state index contributed by atoms with van der Waals surface area (Å²) in [6.07, 6.45) is 9.16. The smallest absolute Gasteiger partial charge is 0.227 e. The average molecular weight is 258 g/mol. The maximum absolute atomic E-state index is 5.32. The minimum atomic E-state index is 0.376. The summed E-state index contributed by atoms with van der Waals surface area (Å²) in [6, 6.07) is 0. The molecule has 2 heterocycles. The lowest BCUT2D eigenvalue weighted by Crippen LogP contribution is -2.08. The molecule has 1 fully saturated rings. The fourth-order valence-electron chi connectivity index (χ4n) is 2.18. The van der Waals surface area contributed by atoms with Gasteiger partial charge >= 0.3 is 0 Å². The molecule has 1 unspecified atom stereocenters. The molecule has 1 aliphatic rings. The molecule has 0 aromatic carbocycles. The van der Waals surface area contributed by atoms with Gasteiger partial charge in [-0.2, -0.15) is 4.98 Å². The molecular weight excluding hydrogens is 240 g/mol. The first-order valence-electron chi connectivity index (χ1n) is 6.75. The molecule has 0 aliphatic heterocycles. The Morgan fingerprint density at radius 2 is 2.16 bits per heavy atom. The molecule has 0 saturated heterocycles. The first-order chi connectivity index (χ1) is 9.17. The van der Waals surface area contributed by atoms with Gasteiger partial charge in [0, 0.05) is 30.9 Å². The van der Waals surface area contributed by atoms with Gasteiger partial charge in [-0.15, -0.1) is 0 Å². The Morgan fingerprint density at radius 1 is 1.32 bits per heavy atom. The maximum atomic E-state index is 5.32. The molecule has 5 nitrogen and oxygen atoms in total. The van der Waals surface area contributed by atoms with E-state index >= 15 is 0 Å². The monoisotopic (exact) mass is 258 g/mol. The van der Waals surface area contributed by atoms with Crippen molar-refractivity contribution in [2.75, 3.05) is 0 Å². The zero-order valence-corrected chi connectivity index (χ0v) is 11.3. The van der Waals surface area contributed by atoms with Crippen LogP contribution < -0.4 is 0 Å². The van der Waals surface area contributed by atoms with E-state index in [0.29, 0.717) is 17.2 Å². The molecule has 0 bridgehead atoms. The molecule has 0 spiro atoms. The Labute approximate surface area is 112 Å². The highest BCUT2D eigenvalue weighted by atomic mass is 16.5. The summed E-state index contributed by atoms with van der Waals surface area (Å²) in [5.41, 5.74) is 1.33. The summed E-state index contributed by atoms with van der Waals surface area (Å²) in [6.45, 7) is 4.47. The lowest BCUT2D eigenvalue weighted by Gasteiger charge is -2.13. The molecular formula is C14H18N4O. The van der Waals surface area contributed by atoms with E-state index in [1.807, 2.05) is 0 Å². The van der Waals surface area contributed by atoms with Crippen LogP contribution in [0.2, 0.25) is 0 Å². The van der Waals surface area contributed by atoms with Crippen LogP contribution in [0.3, 0.4) is 0 Å². The zero-order valence-electron chi connectivity index (χ0n) is 11.3. The molecule has 1 saturated carbocycles. The molecule has 19 heavy (non-hydrogen) atoms. The van der Waals surface area contributed by atoms with Gasteiger partial charge in [-0.05, 0) is 24.7 Å². The molecule has 5 heteroatoms. The fourth-order valence-corrected chi connectivity index (χ4v) is 2.18. The minimum absolute atomic E-state index is 0.376. The van der Waals surface area contributed by atoms with Crippen molar-refractivity contribution < 1.29 is 4.52 Å². The number of hydrogen-bond donors (Lipinski definition) is 0. The Hall–Kier alpha value is -1.78. The Bertz CT molecular complexity index is 548. The molecule has 0 radical (unpaired) electrons. The standard InChI is InChI=1S/C14H18N4O/c1-10(14(2)5-6-14)13-17-12(19-18-13)4-3-11-9-15-7-8-16-11/h7-10H,3-6H2,1-2H3. The van der Waals surface area contributed by atoms with Gasteiger partial charge in [-0.3, -0.25) is 9.97 Å². The van der Waals surface area contributed by atoms with Gasteiger partial charge in [0.25, 0.3) is 0 Å². The highest BCUT2D eigenvalue weighted by Crippen LogP contribution is 2.54. The molecule has 2 aromatic heterocycles. The minimum Gasteiger partial charge on any atom is -0.339 e. The molecule has 2 aromatic rings. The first kappa shape index (κ1) is 12.3. The third-order valence-corrected chi connectivity index (χ3v) is 4.17. The number of aryl methyl sites for hydroxylation is 2. The number of hydrogen-bond acceptors (Lipinski definition) is 5. The summed E-state index contributed by atoms with van der Waals surface area (Å²) in [5.74, 6) is 1.91. The van der Waals surface area contributed by atoms with Crippen LogP contribution in [-0.4, -0.2) is 20.1 Å². The zero-order chi connectivity index (χ0) is 13.3. The molecule has 0 N–H and O–H groups in total. The predicted octanol–water partition coefficient (Wildman–Crippen LogP) is 2.55. The molecule has 1 atom stereocenters. The van der Waals surface area contributed by atoms with E-state index < -0.39 is 0 Å². The van der Waals surface area contributed by atoms with Gasteiger partial charge in [0.15, 0.2) is 5.82 Å². The third kappa shape index (κ3) is 2.64. The van der Waals surface area contributed by atoms with E-state index in [9.17, 15) is 0 Å². The topological polar surface area (TPSA) is 64.7 Å². The van der Waals surface area contributed by atoms with E-state index in [-0.39, 0.29) is 0 Å². The normalized spacial score (nSPS) is 18.2. The summed E-state index contributed by atoms with van der Waals surface area (Å²) in [7, 11) is 0. The van der Waals surface area contributed by atoms with Crippen LogP contribution in [0, 0.1) is 5.41 Å². The second kappa shape index (κ2) is 4.72. The lowest BCUT2D eigenvalue weighted by atomic mass is 9.92. The van der Waals surface area contributed by atoms with E-state index in [2.05, 4.69) is 34.0 Å². The van der Waals surface area contributed by atoms with Gasteiger partial charge in [0.2, 0.25) is 5.89 Å². The highest BCUT2D eigenvalue weighted by molar-refractivity contribution is 5.08. The Balaban J connectivity index is 1.62. The molecule has 100 valence electrons. The largest absolute Gasteiger partial charge is 0.339 e. The van der Waals surface area contributed by atoms with Gasteiger partial charge < -0.3 is 4.52 Å². The van der Waals surface area contributed by atoms with Crippen LogP contribution in [-0.2, 0) is 12.8 Å².